The van der Waals surface area contributed by atoms with Crippen LogP contribution in [0, 0.1) is 0 Å². The first kappa shape index (κ1) is 23.4. The van der Waals surface area contributed by atoms with E-state index in [4.69, 9.17) is 4.74 Å². The summed E-state index contributed by atoms with van der Waals surface area (Å²) in [5.74, 6) is -0.716. The molecule has 0 spiro atoms. The number of hydrogen-bond donors (Lipinski definition) is 2. The summed E-state index contributed by atoms with van der Waals surface area (Å²) in [6.07, 6.45) is 3.05. The molecule has 0 unspecified atom stereocenters. The number of amides is 1. The van der Waals surface area contributed by atoms with E-state index in [1.807, 2.05) is 25.1 Å². The Hall–Kier alpha value is -4.28. The van der Waals surface area contributed by atoms with Gasteiger partial charge in [-0.2, -0.15) is 13.2 Å². The monoisotopic (exact) mass is 456 g/mol. The Bertz CT molecular complexity index is 1180. The van der Waals surface area contributed by atoms with Gasteiger partial charge in [-0.25, -0.2) is 9.97 Å². The molecular weight excluding hydrogens is 437 g/mol. The molecule has 170 valence electrons. The molecule has 0 fully saturated rings. The first-order chi connectivity index (χ1) is 15.8. The van der Waals surface area contributed by atoms with Gasteiger partial charge in [0.05, 0.1) is 11.9 Å². The fourth-order valence-electron chi connectivity index (χ4n) is 2.70. The number of pyridine rings is 1. The van der Waals surface area contributed by atoms with Crippen LogP contribution in [0.5, 0.6) is 5.75 Å². The fourth-order valence-corrected chi connectivity index (χ4v) is 2.70. The number of anilines is 3. The number of nitrogens with one attached hydrogen (secondary N) is 2. The van der Waals surface area contributed by atoms with Crippen molar-refractivity contribution in [2.75, 3.05) is 17.2 Å². The molecule has 0 saturated carbocycles. The lowest BCUT2D eigenvalue weighted by Crippen LogP contribution is -2.21. The number of nitrogens with zero attached hydrogens (tertiary/aromatic N) is 4. The van der Waals surface area contributed by atoms with Crippen LogP contribution < -0.4 is 15.4 Å². The Morgan fingerprint density at radius 1 is 1.24 bits per heavy atom. The SMILES string of the molecule is C=Nc1cc(Nc2nccc(C(=O)Nc3cnccc3OCC(F)(F)F)n2)ccc1/C=C\C. The molecule has 0 atom stereocenters. The number of rotatable bonds is 8. The average molecular weight is 456 g/mol. The summed E-state index contributed by atoms with van der Waals surface area (Å²) in [6.45, 7) is 3.94. The van der Waals surface area contributed by atoms with Crippen LogP contribution in [0.3, 0.4) is 0 Å². The standard InChI is InChI=1S/C22H19F3N6O2/c1-3-4-14-5-6-15(11-17(14)26-2)29-21-28-10-7-16(31-21)20(32)30-18-12-27-9-8-19(18)33-13-22(23,24)25/h3-12H,2,13H2,1H3,(H,30,32)(H,28,29,31)/b4-3-. The molecule has 1 amide bonds. The van der Waals surface area contributed by atoms with E-state index in [1.54, 1.807) is 12.1 Å². The fraction of sp³-hybridized carbons (Fsp3) is 0.136. The second kappa shape index (κ2) is 10.4. The van der Waals surface area contributed by atoms with Gasteiger partial charge in [0, 0.05) is 24.1 Å². The second-order valence-corrected chi connectivity index (χ2v) is 6.55. The predicted molar refractivity (Wildman–Crippen MR) is 119 cm³/mol. The first-order valence-corrected chi connectivity index (χ1v) is 9.57. The molecule has 11 heteroatoms. The van der Waals surface area contributed by atoms with Gasteiger partial charge in [0.15, 0.2) is 6.61 Å². The van der Waals surface area contributed by atoms with Gasteiger partial charge in [-0.1, -0.05) is 18.2 Å². The van der Waals surface area contributed by atoms with Gasteiger partial charge in [0.1, 0.15) is 17.1 Å². The number of allylic oxidation sites excluding steroid dienone is 1. The van der Waals surface area contributed by atoms with Crippen molar-refractivity contribution in [1.82, 2.24) is 15.0 Å². The van der Waals surface area contributed by atoms with E-state index in [-0.39, 0.29) is 23.1 Å². The van der Waals surface area contributed by atoms with Crippen LogP contribution in [0.15, 0.2) is 60.0 Å². The van der Waals surface area contributed by atoms with Crippen molar-refractivity contribution in [3.63, 3.8) is 0 Å². The van der Waals surface area contributed by atoms with Crippen LogP contribution in [0.2, 0.25) is 0 Å². The maximum Gasteiger partial charge on any atom is 0.422 e. The number of aromatic nitrogens is 3. The normalized spacial score (nSPS) is 11.3. The van der Waals surface area contributed by atoms with Crippen LogP contribution in [0.25, 0.3) is 6.08 Å². The highest BCUT2D eigenvalue weighted by Crippen LogP contribution is 2.27. The first-order valence-electron chi connectivity index (χ1n) is 9.57. The van der Waals surface area contributed by atoms with E-state index in [1.165, 1.54) is 30.7 Å². The quantitative estimate of drug-likeness (QED) is 0.453. The molecule has 8 nitrogen and oxygen atoms in total. The van der Waals surface area contributed by atoms with Crippen molar-refractivity contribution in [3.8, 4) is 5.75 Å². The zero-order valence-corrected chi connectivity index (χ0v) is 17.4. The Kier molecular flexibility index (Phi) is 7.34. The molecule has 0 radical (unpaired) electrons. The number of benzene rings is 1. The Morgan fingerprint density at radius 2 is 2.06 bits per heavy atom. The highest BCUT2D eigenvalue weighted by atomic mass is 19.4. The van der Waals surface area contributed by atoms with E-state index < -0.39 is 18.7 Å². The second-order valence-electron chi connectivity index (χ2n) is 6.55. The maximum atomic E-state index is 12.6. The lowest BCUT2D eigenvalue weighted by Gasteiger charge is -2.13. The van der Waals surface area contributed by atoms with Crippen molar-refractivity contribution in [1.29, 1.82) is 0 Å². The number of hydrogen-bond acceptors (Lipinski definition) is 7. The summed E-state index contributed by atoms with van der Waals surface area (Å²) in [6, 6.07) is 7.96. The van der Waals surface area contributed by atoms with Crippen molar-refractivity contribution >= 4 is 41.7 Å². The predicted octanol–water partition coefficient (Wildman–Crippen LogP) is 5.17. The van der Waals surface area contributed by atoms with Gasteiger partial charge in [-0.05, 0) is 37.4 Å². The topological polar surface area (TPSA) is 101 Å². The zero-order valence-electron chi connectivity index (χ0n) is 17.4. The Morgan fingerprint density at radius 3 is 2.79 bits per heavy atom. The molecule has 0 aliphatic rings. The van der Waals surface area contributed by atoms with Crippen LogP contribution in [0.4, 0.5) is 36.2 Å². The van der Waals surface area contributed by atoms with Crippen molar-refractivity contribution in [2.45, 2.75) is 13.1 Å². The van der Waals surface area contributed by atoms with Gasteiger partial charge < -0.3 is 15.4 Å². The summed E-state index contributed by atoms with van der Waals surface area (Å²) >= 11 is 0. The van der Waals surface area contributed by atoms with E-state index in [0.29, 0.717) is 11.4 Å². The van der Waals surface area contributed by atoms with Gasteiger partial charge in [-0.15, -0.1) is 0 Å². The Labute approximate surface area is 187 Å². The summed E-state index contributed by atoms with van der Waals surface area (Å²) < 4.78 is 42.1. The highest BCUT2D eigenvalue weighted by Gasteiger charge is 2.29. The minimum atomic E-state index is -4.52. The summed E-state index contributed by atoms with van der Waals surface area (Å²) in [5.41, 5.74) is 2.10. The molecule has 1 aromatic carbocycles. The van der Waals surface area contributed by atoms with Crippen molar-refractivity contribution in [2.24, 2.45) is 4.99 Å². The van der Waals surface area contributed by atoms with Crippen LogP contribution >= 0.6 is 0 Å². The molecule has 0 saturated heterocycles. The molecular formula is C22H19F3N6O2. The molecule has 0 aliphatic heterocycles. The summed E-state index contributed by atoms with van der Waals surface area (Å²) in [7, 11) is 0. The van der Waals surface area contributed by atoms with Gasteiger partial charge in [0.2, 0.25) is 5.95 Å². The largest absolute Gasteiger partial charge is 0.482 e. The molecule has 0 aliphatic carbocycles. The number of halogens is 3. The molecule has 3 rings (SSSR count). The molecule has 3 aromatic rings. The lowest BCUT2D eigenvalue weighted by atomic mass is 10.1. The molecule has 0 bridgehead atoms. The molecule has 2 N–H and O–H groups in total. The smallest absolute Gasteiger partial charge is 0.422 e. The highest BCUT2D eigenvalue weighted by molar-refractivity contribution is 6.03. The minimum absolute atomic E-state index is 0.0225. The van der Waals surface area contributed by atoms with Gasteiger partial charge in [-0.3, -0.25) is 14.8 Å². The van der Waals surface area contributed by atoms with E-state index >= 15 is 0 Å². The third-order valence-electron chi connectivity index (χ3n) is 4.11. The number of alkyl halides is 3. The zero-order chi connectivity index (χ0) is 23.8. The number of aliphatic imine (C=N–C) groups is 1. The van der Waals surface area contributed by atoms with Gasteiger partial charge in [0.25, 0.3) is 5.91 Å². The minimum Gasteiger partial charge on any atom is -0.482 e. The molecule has 2 aromatic heterocycles. The van der Waals surface area contributed by atoms with E-state index in [0.717, 1.165) is 5.56 Å². The number of carbonyl (C=O) groups excluding carboxylic acids is 1. The third kappa shape index (κ3) is 6.60. The average Bonchev–Trinajstić information content (AvgIpc) is 2.79. The molecule has 33 heavy (non-hydrogen) atoms. The van der Waals surface area contributed by atoms with Crippen LogP contribution in [-0.2, 0) is 0 Å². The van der Waals surface area contributed by atoms with Gasteiger partial charge >= 0.3 is 6.18 Å². The summed E-state index contributed by atoms with van der Waals surface area (Å²) in [4.78, 5) is 28.7. The van der Waals surface area contributed by atoms with Crippen molar-refractivity contribution in [3.05, 3.63) is 66.3 Å². The molecule has 2 heterocycles. The van der Waals surface area contributed by atoms with Crippen LogP contribution in [0.1, 0.15) is 23.0 Å². The lowest BCUT2D eigenvalue weighted by molar-refractivity contribution is -0.153. The number of ether oxygens (including phenoxy) is 1. The van der Waals surface area contributed by atoms with Crippen LogP contribution in [-0.4, -0.2) is 40.4 Å². The summed E-state index contributed by atoms with van der Waals surface area (Å²) in [5, 5.41) is 5.43. The Balaban J connectivity index is 1.75. The third-order valence-corrected chi connectivity index (χ3v) is 4.11. The maximum absolute atomic E-state index is 12.6. The van der Waals surface area contributed by atoms with E-state index in [9.17, 15) is 18.0 Å². The van der Waals surface area contributed by atoms with E-state index in [2.05, 4.69) is 37.3 Å². The number of carbonyl (C=O) groups is 1. The van der Waals surface area contributed by atoms with Crippen molar-refractivity contribution < 1.29 is 22.7 Å².